The van der Waals surface area contributed by atoms with E-state index in [2.05, 4.69) is 5.32 Å². The number of esters is 1. The number of benzene rings is 2. The number of aryl methyl sites for hydroxylation is 2. The Labute approximate surface area is 216 Å². The number of hydrogen-bond acceptors (Lipinski definition) is 8. The van der Waals surface area contributed by atoms with Crippen molar-refractivity contribution in [2.75, 3.05) is 11.9 Å². The van der Waals surface area contributed by atoms with E-state index in [1.54, 1.807) is 19.9 Å². The molecule has 0 aliphatic rings. The summed E-state index contributed by atoms with van der Waals surface area (Å²) in [4.78, 5) is 38.7. The van der Waals surface area contributed by atoms with Crippen molar-refractivity contribution in [3.8, 4) is 6.07 Å². The average molecular weight is 522 g/mol. The van der Waals surface area contributed by atoms with Gasteiger partial charge in [0.1, 0.15) is 16.6 Å². The van der Waals surface area contributed by atoms with Gasteiger partial charge in [-0.3, -0.25) is 14.9 Å². The van der Waals surface area contributed by atoms with Crippen molar-refractivity contribution in [3.63, 3.8) is 0 Å². The minimum Gasteiger partial charge on any atom is -0.462 e. The number of nitriles is 1. The van der Waals surface area contributed by atoms with Gasteiger partial charge in [0.2, 0.25) is 0 Å². The van der Waals surface area contributed by atoms with Crippen molar-refractivity contribution >= 4 is 51.7 Å². The molecule has 1 heterocycles. The normalized spacial score (nSPS) is 11.0. The van der Waals surface area contributed by atoms with Crippen LogP contribution in [0.15, 0.2) is 57.8 Å². The maximum Gasteiger partial charge on any atom is 0.341 e. The fourth-order valence-corrected chi connectivity index (χ4v) is 5.17. The third kappa shape index (κ3) is 6.19. The molecule has 0 aliphatic heterocycles. The molecule has 0 unspecified atom stereocenters. The molecule has 1 aromatic heterocycles. The predicted molar refractivity (Wildman–Crippen MR) is 140 cm³/mol. The largest absolute Gasteiger partial charge is 0.462 e. The second-order valence-electron chi connectivity index (χ2n) is 7.73. The second kappa shape index (κ2) is 11.7. The number of thiophene rings is 1. The number of nitro benzene ring substituents is 1. The van der Waals surface area contributed by atoms with Crippen LogP contribution in [0.4, 0.5) is 10.7 Å². The summed E-state index contributed by atoms with van der Waals surface area (Å²) in [5.74, 6) is -1.30. The van der Waals surface area contributed by atoms with Gasteiger partial charge in [-0.15, -0.1) is 11.3 Å². The first kappa shape index (κ1) is 26.7. The quantitative estimate of drug-likeness (QED) is 0.119. The molecule has 1 N–H and O–H groups in total. The van der Waals surface area contributed by atoms with Gasteiger partial charge in [-0.25, -0.2) is 4.79 Å². The Morgan fingerprint density at radius 2 is 1.89 bits per heavy atom. The average Bonchev–Trinajstić information content (AvgIpc) is 3.12. The van der Waals surface area contributed by atoms with Crippen LogP contribution in [-0.2, 0) is 9.53 Å². The number of nitrogens with one attached hydrogen (secondary N) is 1. The maximum atomic E-state index is 13.0. The van der Waals surface area contributed by atoms with E-state index in [-0.39, 0.29) is 28.4 Å². The lowest BCUT2D eigenvalue weighted by atomic mass is 10.1. The Morgan fingerprint density at radius 1 is 1.19 bits per heavy atom. The van der Waals surface area contributed by atoms with Crippen LogP contribution in [0.3, 0.4) is 0 Å². The van der Waals surface area contributed by atoms with Gasteiger partial charge in [0.05, 0.1) is 17.1 Å². The number of anilines is 1. The minimum absolute atomic E-state index is 0.165. The number of hydrogen-bond donors (Lipinski definition) is 1. The monoisotopic (exact) mass is 521 g/mol. The molecule has 3 rings (SSSR count). The van der Waals surface area contributed by atoms with E-state index < -0.39 is 16.8 Å². The molecular formula is C26H23N3O5S2. The van der Waals surface area contributed by atoms with Gasteiger partial charge in [-0.1, -0.05) is 29.5 Å². The van der Waals surface area contributed by atoms with Crippen LogP contribution in [-0.4, -0.2) is 23.4 Å². The zero-order valence-corrected chi connectivity index (χ0v) is 21.7. The van der Waals surface area contributed by atoms with Crippen molar-refractivity contribution in [3.05, 3.63) is 85.3 Å². The van der Waals surface area contributed by atoms with Crippen LogP contribution in [0.25, 0.3) is 6.08 Å². The van der Waals surface area contributed by atoms with Crippen LogP contribution in [0.2, 0.25) is 0 Å². The van der Waals surface area contributed by atoms with E-state index in [9.17, 15) is 25.0 Å². The molecule has 0 fully saturated rings. The molecular weight excluding hydrogens is 498 g/mol. The molecule has 1 amide bonds. The highest BCUT2D eigenvalue weighted by molar-refractivity contribution is 7.99. The molecule has 0 saturated heterocycles. The van der Waals surface area contributed by atoms with Gasteiger partial charge in [0.25, 0.3) is 11.6 Å². The minimum atomic E-state index is -0.734. The van der Waals surface area contributed by atoms with E-state index in [0.29, 0.717) is 16.0 Å². The maximum absolute atomic E-state index is 13.0. The molecule has 10 heteroatoms. The van der Waals surface area contributed by atoms with Gasteiger partial charge in [-0.2, -0.15) is 5.26 Å². The molecule has 8 nitrogen and oxygen atoms in total. The van der Waals surface area contributed by atoms with Gasteiger partial charge in [0, 0.05) is 26.8 Å². The van der Waals surface area contributed by atoms with Gasteiger partial charge >= 0.3 is 5.97 Å². The van der Waals surface area contributed by atoms with Crippen LogP contribution in [0, 0.1) is 42.2 Å². The molecule has 0 bridgehead atoms. The van der Waals surface area contributed by atoms with Crippen molar-refractivity contribution in [1.29, 1.82) is 5.26 Å². The SMILES string of the molecule is CCOC(=O)c1c(NC(=O)/C(C#N)=C\c2cc([N+](=O)[O-])ccc2Sc2ccc(C)cc2)sc(C)c1C. The summed E-state index contributed by atoms with van der Waals surface area (Å²) in [6.07, 6.45) is 1.32. The van der Waals surface area contributed by atoms with Crippen molar-refractivity contribution in [1.82, 2.24) is 0 Å². The van der Waals surface area contributed by atoms with Crippen LogP contribution in [0.1, 0.15) is 38.8 Å². The number of carbonyl (C=O) groups excluding carboxylic acids is 2. The third-order valence-electron chi connectivity index (χ3n) is 5.21. The zero-order chi connectivity index (χ0) is 26.4. The Morgan fingerprint density at radius 3 is 2.50 bits per heavy atom. The summed E-state index contributed by atoms with van der Waals surface area (Å²) >= 11 is 2.57. The summed E-state index contributed by atoms with van der Waals surface area (Å²) in [6, 6.07) is 13.9. The van der Waals surface area contributed by atoms with Crippen LogP contribution >= 0.6 is 23.1 Å². The number of nitro groups is 1. The molecule has 0 radical (unpaired) electrons. The first-order valence-corrected chi connectivity index (χ1v) is 12.5. The highest BCUT2D eigenvalue weighted by Gasteiger charge is 2.23. The second-order valence-corrected chi connectivity index (χ2v) is 10.1. The number of amides is 1. The molecule has 0 saturated carbocycles. The summed E-state index contributed by atoms with van der Waals surface area (Å²) in [6.45, 7) is 7.41. The third-order valence-corrected chi connectivity index (χ3v) is 7.43. The summed E-state index contributed by atoms with van der Waals surface area (Å²) < 4.78 is 5.11. The fraction of sp³-hybridized carbons (Fsp3) is 0.192. The molecule has 0 aliphatic carbocycles. The summed E-state index contributed by atoms with van der Waals surface area (Å²) in [5, 5.41) is 24.0. The Kier molecular flexibility index (Phi) is 8.64. The number of non-ortho nitro benzene ring substituents is 1. The topological polar surface area (TPSA) is 122 Å². The van der Waals surface area contributed by atoms with Gasteiger partial charge in [-0.05, 0) is 63.1 Å². The van der Waals surface area contributed by atoms with Gasteiger partial charge < -0.3 is 10.1 Å². The van der Waals surface area contributed by atoms with Crippen LogP contribution in [0.5, 0.6) is 0 Å². The van der Waals surface area contributed by atoms with Crippen molar-refractivity contribution in [2.45, 2.75) is 37.5 Å². The highest BCUT2D eigenvalue weighted by Crippen LogP contribution is 2.35. The fourth-order valence-electron chi connectivity index (χ4n) is 3.23. The molecule has 184 valence electrons. The summed E-state index contributed by atoms with van der Waals surface area (Å²) in [7, 11) is 0. The van der Waals surface area contributed by atoms with Crippen LogP contribution < -0.4 is 5.32 Å². The van der Waals surface area contributed by atoms with Crippen molar-refractivity contribution < 1.29 is 19.2 Å². The molecule has 0 spiro atoms. The molecule has 3 aromatic rings. The lowest BCUT2D eigenvalue weighted by Crippen LogP contribution is -2.16. The smallest absolute Gasteiger partial charge is 0.341 e. The highest BCUT2D eigenvalue weighted by atomic mass is 32.2. The van der Waals surface area contributed by atoms with Gasteiger partial charge in [0.15, 0.2) is 0 Å². The standard InChI is InChI=1S/C26H23N3O5S2/c1-5-34-26(31)23-16(3)17(4)35-25(23)28-24(30)19(14-27)12-18-13-20(29(32)33)8-11-22(18)36-21-9-6-15(2)7-10-21/h6-13H,5H2,1-4H3,(H,28,30)/b19-12-. The summed E-state index contributed by atoms with van der Waals surface area (Å²) in [5.41, 5.74) is 1.95. The number of ether oxygens (including phenoxy) is 1. The number of rotatable bonds is 8. The van der Waals surface area contributed by atoms with Crippen molar-refractivity contribution in [2.24, 2.45) is 0 Å². The Hall–Kier alpha value is -3.94. The molecule has 0 atom stereocenters. The molecule has 36 heavy (non-hydrogen) atoms. The lowest BCUT2D eigenvalue weighted by molar-refractivity contribution is -0.384. The van der Waals surface area contributed by atoms with E-state index in [1.165, 1.54) is 41.3 Å². The lowest BCUT2D eigenvalue weighted by Gasteiger charge is -2.09. The Balaban J connectivity index is 1.99. The zero-order valence-electron chi connectivity index (χ0n) is 20.1. The first-order chi connectivity index (χ1) is 17.1. The Bertz CT molecular complexity index is 1400. The number of nitrogens with zero attached hydrogens (tertiary/aromatic N) is 2. The van der Waals surface area contributed by atoms with E-state index in [0.717, 1.165) is 15.3 Å². The predicted octanol–water partition coefficient (Wildman–Crippen LogP) is 6.46. The molecule has 2 aromatic carbocycles. The first-order valence-electron chi connectivity index (χ1n) is 10.9. The van der Waals surface area contributed by atoms with E-state index >= 15 is 0 Å². The van der Waals surface area contributed by atoms with E-state index in [1.807, 2.05) is 44.2 Å². The van der Waals surface area contributed by atoms with E-state index in [4.69, 9.17) is 4.74 Å². The number of carbonyl (C=O) groups is 2.